The van der Waals surface area contributed by atoms with E-state index in [2.05, 4.69) is 30.6 Å². The predicted molar refractivity (Wildman–Crippen MR) is 103 cm³/mol. The molecule has 5 heteroatoms. The summed E-state index contributed by atoms with van der Waals surface area (Å²) in [6.45, 7) is 4.25. The second-order valence-corrected chi connectivity index (χ2v) is 8.36. The van der Waals surface area contributed by atoms with E-state index in [0.29, 0.717) is 10.0 Å². The molecule has 2 heterocycles. The quantitative estimate of drug-likeness (QED) is 0.706. The molecule has 0 bridgehead atoms. The maximum atomic E-state index is 6.45. The van der Waals surface area contributed by atoms with E-state index in [0.717, 1.165) is 36.4 Å². The molecule has 2 aromatic rings. The Bertz CT molecular complexity index is 810. The summed E-state index contributed by atoms with van der Waals surface area (Å²) < 4.78 is 6.36. The van der Waals surface area contributed by atoms with Gasteiger partial charge in [0, 0.05) is 33.1 Å². The van der Waals surface area contributed by atoms with Gasteiger partial charge in [0.1, 0.15) is 11.9 Å². The van der Waals surface area contributed by atoms with E-state index >= 15 is 0 Å². The van der Waals surface area contributed by atoms with Crippen LogP contribution in [0.3, 0.4) is 0 Å². The van der Waals surface area contributed by atoms with Crippen molar-refractivity contribution < 1.29 is 4.74 Å². The van der Waals surface area contributed by atoms with E-state index in [1.807, 2.05) is 12.1 Å². The van der Waals surface area contributed by atoms with Crippen LogP contribution >= 0.6 is 35.0 Å². The van der Waals surface area contributed by atoms with Crippen LogP contribution in [0, 0.1) is 0 Å². The molecule has 1 N–H and O–H groups in total. The number of ether oxygens (including phenoxy) is 1. The van der Waals surface area contributed by atoms with Crippen molar-refractivity contribution in [2.45, 2.75) is 29.8 Å². The van der Waals surface area contributed by atoms with Crippen molar-refractivity contribution in [2.75, 3.05) is 19.3 Å². The molecule has 24 heavy (non-hydrogen) atoms. The van der Waals surface area contributed by atoms with Crippen LogP contribution in [-0.2, 0) is 5.41 Å². The van der Waals surface area contributed by atoms with Gasteiger partial charge >= 0.3 is 0 Å². The summed E-state index contributed by atoms with van der Waals surface area (Å²) in [6, 6.07) is 10.1. The van der Waals surface area contributed by atoms with Crippen LogP contribution in [-0.4, -0.2) is 25.4 Å². The molecule has 0 aliphatic carbocycles. The summed E-state index contributed by atoms with van der Waals surface area (Å²) in [5.74, 6) is 1.05. The van der Waals surface area contributed by atoms with Gasteiger partial charge in [-0.3, -0.25) is 0 Å². The first kappa shape index (κ1) is 16.6. The summed E-state index contributed by atoms with van der Waals surface area (Å²) in [5, 5.41) is 4.85. The minimum absolute atomic E-state index is 0.00692. The van der Waals surface area contributed by atoms with Crippen molar-refractivity contribution >= 4 is 35.0 Å². The molecule has 2 aliphatic heterocycles. The third-order valence-corrected chi connectivity index (χ3v) is 6.47. The van der Waals surface area contributed by atoms with Gasteiger partial charge < -0.3 is 10.1 Å². The highest BCUT2D eigenvalue weighted by molar-refractivity contribution is 7.98. The second kappa shape index (κ2) is 6.14. The lowest BCUT2D eigenvalue weighted by atomic mass is 9.75. The minimum atomic E-state index is 0.00692. The molecule has 1 saturated heterocycles. The van der Waals surface area contributed by atoms with Gasteiger partial charge in [0.2, 0.25) is 0 Å². The summed E-state index contributed by atoms with van der Waals surface area (Å²) >= 11 is 14.2. The van der Waals surface area contributed by atoms with Crippen LogP contribution in [0.15, 0.2) is 35.2 Å². The van der Waals surface area contributed by atoms with E-state index in [1.54, 1.807) is 17.8 Å². The Morgan fingerprint density at radius 2 is 2.08 bits per heavy atom. The first-order valence-corrected chi connectivity index (χ1v) is 10.1. The van der Waals surface area contributed by atoms with E-state index in [4.69, 9.17) is 27.9 Å². The molecular formula is C19H19Cl2NOS. The number of benzene rings is 2. The number of hydrogen-bond donors (Lipinski definition) is 1. The Morgan fingerprint density at radius 3 is 2.83 bits per heavy atom. The van der Waals surface area contributed by atoms with Gasteiger partial charge in [-0.1, -0.05) is 36.2 Å². The fourth-order valence-electron chi connectivity index (χ4n) is 3.79. The van der Waals surface area contributed by atoms with E-state index < -0.39 is 0 Å². The highest BCUT2D eigenvalue weighted by Crippen LogP contribution is 2.51. The normalized spacial score (nSPS) is 25.1. The molecule has 0 radical (unpaired) electrons. The van der Waals surface area contributed by atoms with Crippen molar-refractivity contribution in [1.29, 1.82) is 0 Å². The molecule has 0 amide bonds. The van der Waals surface area contributed by atoms with E-state index in [-0.39, 0.29) is 11.5 Å². The van der Waals surface area contributed by atoms with Crippen LogP contribution in [0.1, 0.15) is 18.9 Å². The van der Waals surface area contributed by atoms with Crippen molar-refractivity contribution in [3.8, 4) is 16.9 Å². The van der Waals surface area contributed by atoms with Crippen LogP contribution in [0.5, 0.6) is 5.75 Å². The van der Waals surface area contributed by atoms with Crippen molar-refractivity contribution in [3.05, 3.63) is 45.9 Å². The van der Waals surface area contributed by atoms with Crippen molar-refractivity contribution in [1.82, 2.24) is 5.32 Å². The van der Waals surface area contributed by atoms with Crippen molar-refractivity contribution in [2.24, 2.45) is 0 Å². The zero-order valence-corrected chi connectivity index (χ0v) is 16.0. The highest BCUT2D eigenvalue weighted by Gasteiger charge is 2.47. The molecule has 0 saturated carbocycles. The average Bonchev–Trinajstić information content (AvgIpc) is 2.87. The zero-order chi connectivity index (χ0) is 16.9. The lowest BCUT2D eigenvalue weighted by molar-refractivity contribution is 0.119. The Kier molecular flexibility index (Phi) is 4.24. The first-order chi connectivity index (χ1) is 11.5. The largest absolute Gasteiger partial charge is 0.488 e. The molecule has 2 aromatic carbocycles. The van der Waals surface area contributed by atoms with Gasteiger partial charge in [-0.25, -0.2) is 0 Å². The van der Waals surface area contributed by atoms with Crippen LogP contribution in [0.4, 0.5) is 0 Å². The number of halogens is 2. The number of piperidine rings is 1. The molecule has 2 aliphatic rings. The predicted octanol–water partition coefficient (Wildman–Crippen LogP) is 5.39. The van der Waals surface area contributed by atoms with E-state index in [9.17, 15) is 0 Å². The van der Waals surface area contributed by atoms with Gasteiger partial charge in [0.25, 0.3) is 0 Å². The number of hydrogen-bond acceptors (Lipinski definition) is 3. The smallest absolute Gasteiger partial charge is 0.137 e. The molecule has 4 rings (SSSR count). The van der Waals surface area contributed by atoms with Crippen LogP contribution in [0.2, 0.25) is 10.0 Å². The molecule has 126 valence electrons. The van der Waals surface area contributed by atoms with Crippen molar-refractivity contribution in [3.63, 3.8) is 0 Å². The molecule has 0 unspecified atom stereocenters. The van der Waals surface area contributed by atoms with Gasteiger partial charge in [0.15, 0.2) is 0 Å². The lowest BCUT2D eigenvalue weighted by Crippen LogP contribution is -2.50. The summed E-state index contributed by atoms with van der Waals surface area (Å²) in [7, 11) is 0. The Hall–Kier alpha value is -0.870. The monoisotopic (exact) mass is 379 g/mol. The molecule has 1 fully saturated rings. The molecule has 0 aromatic heterocycles. The minimum Gasteiger partial charge on any atom is -0.488 e. The molecular weight excluding hydrogens is 361 g/mol. The van der Waals surface area contributed by atoms with Gasteiger partial charge in [-0.15, -0.1) is 11.8 Å². The number of thioether (sulfide) groups is 1. The Morgan fingerprint density at radius 1 is 1.25 bits per heavy atom. The zero-order valence-electron chi connectivity index (χ0n) is 13.7. The second-order valence-electron chi connectivity index (χ2n) is 6.67. The molecule has 2 nitrogen and oxygen atoms in total. The third-order valence-electron chi connectivity index (χ3n) is 5.18. The molecule has 2 atom stereocenters. The molecule has 0 spiro atoms. The number of rotatable bonds is 2. The summed E-state index contributed by atoms with van der Waals surface area (Å²) in [4.78, 5) is 1.17. The number of fused-ring (bicyclic) bond motifs is 3. The highest BCUT2D eigenvalue weighted by atomic mass is 35.5. The Labute approximate surface area is 156 Å². The van der Waals surface area contributed by atoms with E-state index in [1.165, 1.54) is 10.5 Å². The maximum absolute atomic E-state index is 6.45. The summed E-state index contributed by atoms with van der Waals surface area (Å²) in [6.07, 6.45) is 3.38. The standard InChI is InChI=1S/C19H19Cl2NOS/c1-19-10-22-6-5-17(19)23-18-14(19)7-11(8-16(18)24-2)13-4-3-12(20)9-15(13)21/h3-4,7-9,17,22H,5-6,10H2,1-2H3/t17-,19-/m0/s1. The van der Waals surface area contributed by atoms with Crippen LogP contribution in [0.25, 0.3) is 11.1 Å². The van der Waals surface area contributed by atoms with Gasteiger partial charge in [0.05, 0.1) is 4.90 Å². The SMILES string of the molecule is CSc1cc(-c2ccc(Cl)cc2Cl)cc2c1O[C@H]1CCNC[C@@]21C. The van der Waals surface area contributed by atoms with Gasteiger partial charge in [-0.2, -0.15) is 0 Å². The average molecular weight is 380 g/mol. The first-order valence-electron chi connectivity index (χ1n) is 8.08. The summed E-state index contributed by atoms with van der Waals surface area (Å²) in [5.41, 5.74) is 3.42. The Balaban J connectivity index is 1.89. The fraction of sp³-hybridized carbons (Fsp3) is 0.368. The fourth-order valence-corrected chi connectivity index (χ4v) is 4.90. The lowest BCUT2D eigenvalue weighted by Gasteiger charge is -2.35. The van der Waals surface area contributed by atoms with Crippen LogP contribution < -0.4 is 10.1 Å². The number of nitrogens with one attached hydrogen (secondary N) is 1. The maximum Gasteiger partial charge on any atom is 0.137 e. The topological polar surface area (TPSA) is 21.3 Å². The van der Waals surface area contributed by atoms with Gasteiger partial charge in [-0.05, 0) is 49.1 Å². The third kappa shape index (κ3) is 2.53.